The molecule has 246 valence electrons. The molecule has 1 atom stereocenters. The number of hydrogen-bond donors (Lipinski definition) is 0. The van der Waals surface area contributed by atoms with Gasteiger partial charge in [-0.3, -0.25) is 0 Å². The molecule has 0 saturated carbocycles. The van der Waals surface area contributed by atoms with Gasteiger partial charge in [-0.2, -0.15) is 0 Å². The summed E-state index contributed by atoms with van der Waals surface area (Å²) in [5.41, 5.74) is 7.55. The zero-order chi connectivity index (χ0) is 34.0. The Hall–Kier alpha value is -4.57. The molecule has 0 aliphatic carbocycles. The first kappa shape index (κ1) is 35.3. The Balaban J connectivity index is 0.00000432. The molecule has 0 aliphatic rings. The fraction of sp³-hybridized carbons (Fsp3) is 0.122. The van der Waals surface area contributed by atoms with Crippen LogP contribution in [-0.2, 0) is 16.7 Å². The fourth-order valence-corrected chi connectivity index (χ4v) is 7.56. The summed E-state index contributed by atoms with van der Waals surface area (Å²) in [6.45, 7) is 0.367. The van der Waals surface area contributed by atoms with E-state index in [9.17, 15) is 13.0 Å². The van der Waals surface area contributed by atoms with Gasteiger partial charge in [-0.15, -0.1) is 0 Å². The molecule has 1 aromatic heterocycles. The summed E-state index contributed by atoms with van der Waals surface area (Å²) in [7, 11) is -1.25. The summed E-state index contributed by atoms with van der Waals surface area (Å²) in [4.78, 5) is 2.18. The Bertz CT molecular complexity index is 2280. The summed E-state index contributed by atoms with van der Waals surface area (Å²) in [5, 5.41) is 1.01. The van der Waals surface area contributed by atoms with E-state index in [4.69, 9.17) is 9.47 Å². The van der Waals surface area contributed by atoms with Crippen molar-refractivity contribution >= 4 is 49.0 Å². The second kappa shape index (κ2) is 15.1. The third-order valence-electron chi connectivity index (χ3n) is 9.03. The maximum atomic E-state index is 12.4. The molecule has 9 heteroatoms. The quantitative estimate of drug-likeness (QED) is 0.112. The van der Waals surface area contributed by atoms with E-state index in [0.717, 1.165) is 61.5 Å². The molecule has 0 radical (unpaired) electrons. The molecular weight excluding hydrogens is 656 g/mol. The van der Waals surface area contributed by atoms with Gasteiger partial charge in [-0.05, 0) is 95.9 Å². The van der Waals surface area contributed by atoms with Gasteiger partial charge in [-0.1, -0.05) is 72.8 Å². The average Bonchev–Trinajstić information content (AvgIpc) is 3.46. The Kier molecular flexibility index (Phi) is 10.7. The second-order valence-corrected chi connectivity index (χ2v) is 13.4. The first-order valence-corrected chi connectivity index (χ1v) is 17.5. The van der Waals surface area contributed by atoms with Gasteiger partial charge in [-0.25, -0.2) is 8.42 Å². The van der Waals surface area contributed by atoms with Gasteiger partial charge in [0.05, 0.1) is 19.5 Å². The van der Waals surface area contributed by atoms with Crippen LogP contribution in [0.15, 0.2) is 146 Å². The van der Waals surface area contributed by atoms with Gasteiger partial charge in [0.1, 0.15) is 21.6 Å². The van der Waals surface area contributed by atoms with Gasteiger partial charge in [0, 0.05) is 45.4 Å². The van der Waals surface area contributed by atoms with Crippen LogP contribution in [0.1, 0.15) is 17.2 Å². The molecule has 0 saturated heterocycles. The summed E-state index contributed by atoms with van der Waals surface area (Å²) in [5.74, 6) is 1.57. The van der Waals surface area contributed by atoms with Crippen LogP contribution in [-0.4, -0.2) is 31.8 Å². The van der Waals surface area contributed by atoms with E-state index in [2.05, 4.69) is 51.9 Å². The molecule has 50 heavy (non-hydrogen) atoms. The number of anilines is 3. The number of rotatable bonds is 11. The second-order valence-electron chi connectivity index (χ2n) is 11.8. The number of aromatic nitrogens is 1. The molecule has 1 unspecified atom stereocenters. The number of nitrogens with zero attached hydrogens (tertiary/aromatic N) is 2. The standard InChI is InChI=1S/C41H36N2O5S.Na/c1-47-34-23-19-32(20-24-34)43(33-21-25-35(48-2)26-22-33)31-17-15-29(16-18-31)36-12-8-14-39-41(36)37-11-6-7-13-38(37)42(39)28-27-40(49(44,45)46)30-9-4-3-5-10-30;/h3-26,40H,27-28H2,1-2H3,(H,44,45,46);/q;+1/p-1. The van der Waals surface area contributed by atoms with Crippen LogP contribution in [0.4, 0.5) is 17.1 Å². The molecule has 0 N–H and O–H groups in total. The first-order chi connectivity index (χ1) is 23.9. The summed E-state index contributed by atoms with van der Waals surface area (Å²) >= 11 is 0. The van der Waals surface area contributed by atoms with E-state index in [1.165, 1.54) is 0 Å². The SMILES string of the molecule is COc1ccc(N(c2ccc(OC)cc2)c2ccc(-c3cccc4c3c3ccccc3n4CCC(c3ccccc3)S(=O)(=O)[O-])cc2)cc1.[Na+]. The Morgan fingerprint density at radius 1 is 0.640 bits per heavy atom. The molecule has 0 bridgehead atoms. The minimum Gasteiger partial charge on any atom is -0.747 e. The van der Waals surface area contributed by atoms with Crippen molar-refractivity contribution in [2.24, 2.45) is 0 Å². The van der Waals surface area contributed by atoms with E-state index < -0.39 is 15.4 Å². The molecule has 0 spiro atoms. The fourth-order valence-electron chi connectivity index (χ4n) is 6.67. The smallest absolute Gasteiger partial charge is 0.747 e. The van der Waals surface area contributed by atoms with Crippen molar-refractivity contribution in [2.75, 3.05) is 19.1 Å². The maximum absolute atomic E-state index is 12.4. The molecule has 7 aromatic rings. The first-order valence-electron chi connectivity index (χ1n) is 16.0. The van der Waals surface area contributed by atoms with Crippen molar-refractivity contribution < 1.29 is 52.0 Å². The molecule has 0 amide bonds. The largest absolute Gasteiger partial charge is 1.00 e. The monoisotopic (exact) mass is 690 g/mol. The normalized spacial score (nSPS) is 12.0. The van der Waals surface area contributed by atoms with Crippen LogP contribution in [0.5, 0.6) is 11.5 Å². The van der Waals surface area contributed by atoms with Crippen molar-refractivity contribution in [1.82, 2.24) is 4.57 Å². The summed E-state index contributed by atoms with van der Waals surface area (Å²) in [6, 6.07) is 47.5. The predicted molar refractivity (Wildman–Crippen MR) is 196 cm³/mol. The van der Waals surface area contributed by atoms with Crippen molar-refractivity contribution in [3.63, 3.8) is 0 Å². The van der Waals surface area contributed by atoms with Crippen molar-refractivity contribution in [1.29, 1.82) is 0 Å². The average molecular weight is 691 g/mol. The van der Waals surface area contributed by atoms with Gasteiger partial charge >= 0.3 is 29.6 Å². The van der Waals surface area contributed by atoms with E-state index in [-0.39, 0.29) is 36.0 Å². The van der Waals surface area contributed by atoms with Crippen LogP contribution in [0, 0.1) is 0 Å². The Morgan fingerprint density at radius 2 is 1.16 bits per heavy atom. The number of methoxy groups -OCH3 is 2. The van der Waals surface area contributed by atoms with E-state index >= 15 is 0 Å². The van der Waals surface area contributed by atoms with Crippen LogP contribution in [0.25, 0.3) is 32.9 Å². The van der Waals surface area contributed by atoms with Crippen molar-refractivity contribution in [3.05, 3.63) is 151 Å². The molecular formula is C41H35N2NaO5S. The molecule has 7 rings (SSSR count). The van der Waals surface area contributed by atoms with Crippen LogP contribution in [0.2, 0.25) is 0 Å². The number of benzene rings is 6. The molecule has 1 heterocycles. The number of para-hydroxylation sites is 1. The summed E-state index contributed by atoms with van der Waals surface area (Å²) < 4.78 is 50.1. The van der Waals surface area contributed by atoms with Crippen molar-refractivity contribution in [3.8, 4) is 22.6 Å². The van der Waals surface area contributed by atoms with E-state index in [1.54, 1.807) is 38.5 Å². The number of ether oxygens (including phenoxy) is 2. The molecule has 0 fully saturated rings. The van der Waals surface area contributed by atoms with Crippen LogP contribution in [0.3, 0.4) is 0 Å². The van der Waals surface area contributed by atoms with Gasteiger partial charge in [0.15, 0.2) is 0 Å². The zero-order valence-corrected chi connectivity index (χ0v) is 31.0. The number of fused-ring (bicyclic) bond motifs is 3. The van der Waals surface area contributed by atoms with Crippen LogP contribution >= 0.6 is 0 Å². The maximum Gasteiger partial charge on any atom is 1.00 e. The van der Waals surface area contributed by atoms with Gasteiger partial charge < -0.3 is 23.5 Å². The zero-order valence-electron chi connectivity index (χ0n) is 28.2. The summed E-state index contributed by atoms with van der Waals surface area (Å²) in [6.07, 6.45) is 0.162. The molecule has 7 nitrogen and oxygen atoms in total. The molecule has 6 aromatic carbocycles. The minimum absolute atomic E-state index is 0. The van der Waals surface area contributed by atoms with Gasteiger partial charge in [0.2, 0.25) is 0 Å². The number of aryl methyl sites for hydroxylation is 1. The third kappa shape index (κ3) is 7.03. The van der Waals surface area contributed by atoms with Crippen molar-refractivity contribution in [2.45, 2.75) is 18.2 Å². The third-order valence-corrected chi connectivity index (χ3v) is 10.2. The van der Waals surface area contributed by atoms with E-state index in [1.807, 2.05) is 78.9 Å². The Morgan fingerprint density at radius 3 is 1.72 bits per heavy atom. The Labute approximate surface area is 314 Å². The predicted octanol–water partition coefficient (Wildman–Crippen LogP) is 6.63. The minimum atomic E-state index is -4.57. The molecule has 0 aliphatic heterocycles. The van der Waals surface area contributed by atoms with E-state index in [0.29, 0.717) is 12.1 Å². The van der Waals surface area contributed by atoms with Gasteiger partial charge in [0.25, 0.3) is 0 Å². The number of hydrogen-bond acceptors (Lipinski definition) is 6. The topological polar surface area (TPSA) is 83.8 Å². The van der Waals surface area contributed by atoms with Crippen LogP contribution < -0.4 is 43.9 Å².